The van der Waals surface area contributed by atoms with Gasteiger partial charge in [-0.25, -0.2) is 0 Å². The van der Waals surface area contributed by atoms with E-state index in [9.17, 15) is 4.79 Å². The summed E-state index contributed by atoms with van der Waals surface area (Å²) in [4.78, 5) is 15.1. The molecule has 5 rings (SSSR count). The summed E-state index contributed by atoms with van der Waals surface area (Å²) in [6.45, 7) is 4.23. The molecule has 3 aromatic carbocycles. The fourth-order valence-corrected chi connectivity index (χ4v) is 4.26. The molecule has 1 fully saturated rings. The van der Waals surface area contributed by atoms with Crippen molar-refractivity contribution < 1.29 is 9.53 Å². The van der Waals surface area contributed by atoms with Crippen LogP contribution in [0, 0.1) is 0 Å². The summed E-state index contributed by atoms with van der Waals surface area (Å²) in [6.07, 6.45) is 4.78. The van der Waals surface area contributed by atoms with Gasteiger partial charge in [-0.2, -0.15) is 5.10 Å². The Labute approximate surface area is 193 Å². The van der Waals surface area contributed by atoms with Crippen LogP contribution in [0.25, 0.3) is 10.9 Å². The number of nitrogens with one attached hydrogen (secondary N) is 1. The number of likely N-dealkylation sites (tertiary alicyclic amines) is 1. The lowest BCUT2D eigenvalue weighted by Gasteiger charge is -2.14. The minimum Gasteiger partial charge on any atom is -0.457 e. The summed E-state index contributed by atoms with van der Waals surface area (Å²) >= 11 is 0. The molecular formula is C27H28N4O2. The van der Waals surface area contributed by atoms with Crippen molar-refractivity contribution in [1.29, 1.82) is 0 Å². The second-order valence-corrected chi connectivity index (χ2v) is 8.47. The Hall–Kier alpha value is -3.64. The third-order valence-electron chi connectivity index (χ3n) is 6.02. The van der Waals surface area contributed by atoms with Gasteiger partial charge < -0.3 is 15.0 Å². The molecule has 2 heterocycles. The number of hydrogen-bond donors (Lipinski definition) is 1. The highest BCUT2D eigenvalue weighted by Crippen LogP contribution is 2.22. The van der Waals surface area contributed by atoms with Gasteiger partial charge in [0.05, 0.1) is 24.7 Å². The van der Waals surface area contributed by atoms with E-state index in [1.54, 1.807) is 0 Å². The summed E-state index contributed by atoms with van der Waals surface area (Å²) in [6, 6.07) is 23.2. The van der Waals surface area contributed by atoms with Gasteiger partial charge in [-0.05, 0) is 74.0 Å². The quantitative estimate of drug-likeness (QED) is 0.414. The van der Waals surface area contributed by atoms with E-state index in [1.165, 1.54) is 25.9 Å². The number of amides is 1. The van der Waals surface area contributed by atoms with E-state index in [1.807, 2.05) is 83.7 Å². The number of hydrogen-bond acceptors (Lipinski definition) is 4. The van der Waals surface area contributed by atoms with Gasteiger partial charge in [0.1, 0.15) is 11.5 Å². The molecule has 1 N–H and O–H groups in total. The average Bonchev–Trinajstić information content (AvgIpc) is 3.49. The van der Waals surface area contributed by atoms with Crippen molar-refractivity contribution in [3.63, 3.8) is 0 Å². The van der Waals surface area contributed by atoms with Gasteiger partial charge >= 0.3 is 0 Å². The molecule has 0 atom stereocenters. The third kappa shape index (κ3) is 5.41. The highest BCUT2D eigenvalue weighted by atomic mass is 16.5. The zero-order valence-electron chi connectivity index (χ0n) is 18.6. The molecule has 0 bridgehead atoms. The summed E-state index contributed by atoms with van der Waals surface area (Å²) in [5, 5.41) is 8.66. The minimum absolute atomic E-state index is 0.0470. The molecule has 0 unspecified atom stereocenters. The summed E-state index contributed by atoms with van der Waals surface area (Å²) in [7, 11) is 0. The van der Waals surface area contributed by atoms with Crippen molar-refractivity contribution in [3.8, 4) is 11.5 Å². The number of nitrogens with zero attached hydrogens (tertiary/aromatic N) is 3. The van der Waals surface area contributed by atoms with E-state index in [0.29, 0.717) is 6.42 Å². The first-order chi connectivity index (χ1) is 16.2. The standard InChI is InChI=1S/C27H28N4O2/c32-27(18-21-8-12-25(13-9-21)33-24-6-2-1-3-7-24)29-23-11-10-22-20-28-31(26(22)19-23)17-16-30-14-4-5-15-30/h1-3,6-13,19-20H,4-5,14-18H2,(H,29,32). The Morgan fingerprint density at radius 2 is 1.67 bits per heavy atom. The topological polar surface area (TPSA) is 59.4 Å². The van der Waals surface area contributed by atoms with E-state index in [0.717, 1.165) is 46.7 Å². The van der Waals surface area contributed by atoms with Gasteiger partial charge in [0.15, 0.2) is 0 Å². The van der Waals surface area contributed by atoms with Gasteiger partial charge in [-0.15, -0.1) is 0 Å². The Balaban J connectivity index is 1.19. The molecule has 1 aromatic heterocycles. The summed E-state index contributed by atoms with van der Waals surface area (Å²) < 4.78 is 7.86. The molecule has 1 saturated heterocycles. The van der Waals surface area contributed by atoms with Crippen molar-refractivity contribution in [1.82, 2.24) is 14.7 Å². The Bertz CT molecular complexity index is 1210. The molecule has 1 aliphatic rings. The van der Waals surface area contributed by atoms with Crippen LogP contribution in [0.4, 0.5) is 5.69 Å². The largest absolute Gasteiger partial charge is 0.457 e. The van der Waals surface area contributed by atoms with Crippen LogP contribution in [-0.4, -0.2) is 40.2 Å². The summed E-state index contributed by atoms with van der Waals surface area (Å²) in [5.74, 6) is 1.49. The van der Waals surface area contributed by atoms with Crippen molar-refractivity contribution in [2.75, 3.05) is 25.0 Å². The normalized spacial score (nSPS) is 13.9. The number of rotatable bonds is 8. The van der Waals surface area contributed by atoms with Crippen LogP contribution < -0.4 is 10.1 Å². The van der Waals surface area contributed by atoms with E-state index >= 15 is 0 Å². The highest BCUT2D eigenvalue weighted by molar-refractivity contribution is 5.94. The minimum atomic E-state index is -0.0470. The van der Waals surface area contributed by atoms with E-state index < -0.39 is 0 Å². The fraction of sp³-hybridized carbons (Fsp3) is 0.259. The molecule has 0 radical (unpaired) electrons. The monoisotopic (exact) mass is 440 g/mol. The second-order valence-electron chi connectivity index (χ2n) is 8.47. The fourth-order valence-electron chi connectivity index (χ4n) is 4.26. The van der Waals surface area contributed by atoms with Crippen LogP contribution in [0.5, 0.6) is 11.5 Å². The molecule has 0 spiro atoms. The van der Waals surface area contributed by atoms with Crippen LogP contribution in [0.2, 0.25) is 0 Å². The van der Waals surface area contributed by atoms with Crippen LogP contribution in [0.15, 0.2) is 79.0 Å². The van der Waals surface area contributed by atoms with Crippen molar-refractivity contribution in [2.24, 2.45) is 0 Å². The number of aromatic nitrogens is 2. The first-order valence-electron chi connectivity index (χ1n) is 11.5. The van der Waals surface area contributed by atoms with Crippen LogP contribution in [0.3, 0.4) is 0 Å². The molecule has 33 heavy (non-hydrogen) atoms. The van der Waals surface area contributed by atoms with E-state index in [-0.39, 0.29) is 5.91 Å². The number of ether oxygens (including phenoxy) is 1. The maximum atomic E-state index is 12.6. The maximum absolute atomic E-state index is 12.6. The van der Waals surface area contributed by atoms with Gasteiger partial charge in [0.25, 0.3) is 0 Å². The first kappa shape index (κ1) is 21.2. The van der Waals surface area contributed by atoms with E-state index in [2.05, 4.69) is 15.3 Å². The molecule has 1 amide bonds. The predicted molar refractivity (Wildman–Crippen MR) is 131 cm³/mol. The predicted octanol–water partition coefficient (Wildman–Crippen LogP) is 5.11. The lowest BCUT2D eigenvalue weighted by molar-refractivity contribution is -0.115. The molecular weight excluding hydrogens is 412 g/mol. The number of para-hydroxylation sites is 1. The number of anilines is 1. The van der Waals surface area contributed by atoms with Crippen molar-refractivity contribution in [2.45, 2.75) is 25.8 Å². The first-order valence-corrected chi connectivity index (χ1v) is 11.5. The Kier molecular flexibility index (Phi) is 6.35. The molecule has 1 aliphatic heterocycles. The molecule has 168 valence electrons. The van der Waals surface area contributed by atoms with Crippen LogP contribution >= 0.6 is 0 Å². The van der Waals surface area contributed by atoms with Crippen LogP contribution in [-0.2, 0) is 17.8 Å². The zero-order valence-corrected chi connectivity index (χ0v) is 18.6. The molecule has 0 aliphatic carbocycles. The van der Waals surface area contributed by atoms with Gasteiger partial charge in [-0.1, -0.05) is 30.3 Å². The maximum Gasteiger partial charge on any atom is 0.228 e. The molecule has 0 saturated carbocycles. The van der Waals surface area contributed by atoms with Crippen molar-refractivity contribution >= 4 is 22.5 Å². The smallest absolute Gasteiger partial charge is 0.228 e. The zero-order chi connectivity index (χ0) is 22.5. The third-order valence-corrected chi connectivity index (χ3v) is 6.02. The number of benzene rings is 3. The number of carbonyl (C=O) groups is 1. The lowest BCUT2D eigenvalue weighted by Crippen LogP contribution is -2.24. The van der Waals surface area contributed by atoms with E-state index in [4.69, 9.17) is 4.74 Å². The number of fused-ring (bicyclic) bond motifs is 1. The second kappa shape index (κ2) is 9.88. The number of carbonyl (C=O) groups excluding carboxylic acids is 1. The van der Waals surface area contributed by atoms with Crippen LogP contribution in [0.1, 0.15) is 18.4 Å². The van der Waals surface area contributed by atoms with Gasteiger partial charge in [0.2, 0.25) is 5.91 Å². The average molecular weight is 441 g/mol. The van der Waals surface area contributed by atoms with Gasteiger partial charge in [-0.3, -0.25) is 9.48 Å². The SMILES string of the molecule is O=C(Cc1ccc(Oc2ccccc2)cc1)Nc1ccc2cnn(CCN3CCCC3)c2c1. The molecule has 6 nitrogen and oxygen atoms in total. The van der Waals surface area contributed by atoms with Crippen molar-refractivity contribution in [3.05, 3.63) is 84.6 Å². The molecule has 6 heteroatoms. The summed E-state index contributed by atoms with van der Waals surface area (Å²) in [5.41, 5.74) is 2.78. The highest BCUT2D eigenvalue weighted by Gasteiger charge is 2.13. The Morgan fingerprint density at radius 1 is 0.909 bits per heavy atom. The Morgan fingerprint density at radius 3 is 2.45 bits per heavy atom. The lowest BCUT2D eigenvalue weighted by atomic mass is 10.1. The molecule has 4 aromatic rings. The van der Waals surface area contributed by atoms with Gasteiger partial charge in [0, 0.05) is 17.6 Å².